The first-order chi connectivity index (χ1) is 47.8. The number of aliphatic hydroxyl groups is 2. The van der Waals surface area contributed by atoms with Gasteiger partial charge in [0.2, 0.25) is 24.2 Å². The van der Waals surface area contributed by atoms with Crippen molar-refractivity contribution in [1.29, 1.82) is 0 Å². The second-order valence-corrected chi connectivity index (χ2v) is 27.3. The van der Waals surface area contributed by atoms with Gasteiger partial charge in [-0.3, -0.25) is 33.6 Å². The summed E-state index contributed by atoms with van der Waals surface area (Å²) in [5.41, 5.74) is 0.775. The fourth-order valence-corrected chi connectivity index (χ4v) is 13.6. The van der Waals surface area contributed by atoms with Crippen LogP contribution in [0.15, 0.2) is 223 Å². The van der Waals surface area contributed by atoms with Crippen molar-refractivity contribution >= 4 is 83.9 Å². The molecule has 0 bridgehead atoms. The van der Waals surface area contributed by atoms with Crippen LogP contribution in [-0.2, 0) is 14.1 Å². The van der Waals surface area contributed by atoms with Gasteiger partial charge in [-0.2, -0.15) is 0 Å². The lowest BCUT2D eigenvalue weighted by Crippen LogP contribution is -2.30. The van der Waals surface area contributed by atoms with Crippen molar-refractivity contribution < 1.29 is 72.0 Å². The number of hydrogen-bond donors (Lipinski definition) is 2. The van der Waals surface area contributed by atoms with Gasteiger partial charge < -0.3 is 43.2 Å². The summed E-state index contributed by atoms with van der Waals surface area (Å²) in [6.07, 6.45) is 1.17. The summed E-state index contributed by atoms with van der Waals surface area (Å²) >= 11 is 1.64. The highest BCUT2D eigenvalue weighted by Crippen LogP contribution is 2.48. The summed E-state index contributed by atoms with van der Waals surface area (Å²) in [6, 6.07) is 63.5. The van der Waals surface area contributed by atoms with Crippen molar-refractivity contribution in [3.05, 3.63) is 268 Å². The zero-order valence-electron chi connectivity index (χ0n) is 58.4. The van der Waals surface area contributed by atoms with Gasteiger partial charge in [-0.15, -0.1) is 11.3 Å². The fraction of sp³-hybridized carbons (Fsp3) is 0.291. The number of carbonyl (C=O) groups excluding carboxylic acids is 6. The van der Waals surface area contributed by atoms with Crippen LogP contribution < -0.4 is 39.7 Å². The zero-order chi connectivity index (χ0) is 73.0. The number of carbonyl (C=O) groups is 6. The Hall–Kier alpha value is -10.2. The van der Waals surface area contributed by atoms with Crippen LogP contribution in [0.4, 0.5) is 0 Å². The molecule has 0 unspecified atom stereocenters. The van der Waals surface area contributed by atoms with Crippen LogP contribution in [0.1, 0.15) is 168 Å². The largest absolute Gasteiger partial charge is 0.494 e. The van der Waals surface area contributed by atoms with Crippen LogP contribution >= 0.6 is 18.5 Å². The number of rotatable bonds is 25. The summed E-state index contributed by atoms with van der Waals surface area (Å²) in [5, 5.41) is 21.8. The number of Topliss-reactive ketones (excluding diaryl/α,β-unsaturated/α-hetero) is 4. The second kappa shape index (κ2) is 43.7. The molecule has 0 aliphatic rings. The van der Waals surface area contributed by atoms with Crippen molar-refractivity contribution in [2.45, 2.75) is 130 Å². The van der Waals surface area contributed by atoms with E-state index in [4.69, 9.17) is 28.4 Å². The first-order valence-corrected chi connectivity index (χ1v) is 35.4. The summed E-state index contributed by atoms with van der Waals surface area (Å²) in [5.74, 6) is 1.60. The van der Waals surface area contributed by atoms with Gasteiger partial charge in [0.1, 0.15) is 53.2 Å². The molecule has 18 heteroatoms. The molecule has 0 spiro atoms. The van der Waals surface area contributed by atoms with E-state index in [2.05, 4.69) is 0 Å². The third-order valence-electron chi connectivity index (χ3n) is 14.8. The number of ether oxygens (including phenoxy) is 6. The van der Waals surface area contributed by atoms with Crippen molar-refractivity contribution in [3.63, 3.8) is 0 Å². The topological polar surface area (TPSA) is 232 Å². The van der Waals surface area contributed by atoms with E-state index in [0.29, 0.717) is 82.8 Å². The Kier molecular flexibility index (Phi) is 37.8. The first-order valence-electron chi connectivity index (χ1n) is 32.9. The quantitative estimate of drug-likeness (QED) is 0.0135. The third-order valence-corrected chi connectivity index (χ3v) is 18.8. The maximum atomic E-state index is 14.3. The third kappa shape index (κ3) is 25.7. The molecule has 104 heavy (non-hydrogen) atoms. The Morgan fingerprint density at radius 2 is 0.779 bits per heavy atom. The highest BCUT2D eigenvalue weighted by molar-refractivity contribution is 7.93. The molecule has 0 fully saturated rings. The number of hydrogen-bond acceptors (Lipinski definition) is 17. The lowest BCUT2D eigenvalue weighted by molar-refractivity contribution is -0.144. The van der Waals surface area contributed by atoms with Crippen LogP contribution in [0, 0.1) is 13.8 Å². The molecule has 554 valence electrons. The van der Waals surface area contributed by atoms with E-state index in [1.165, 1.54) is 27.7 Å². The van der Waals surface area contributed by atoms with E-state index in [1.807, 2.05) is 139 Å². The number of fused-ring (bicyclic) bond motifs is 2. The van der Waals surface area contributed by atoms with Gasteiger partial charge in [-0.05, 0) is 202 Å². The van der Waals surface area contributed by atoms with E-state index >= 15 is 0 Å². The smallest absolute Gasteiger partial charge is 0.305 e. The minimum absolute atomic E-state index is 0. The molecule has 0 amide bonds. The Morgan fingerprint density at radius 1 is 0.413 bits per heavy atom. The minimum Gasteiger partial charge on any atom is -0.494 e. The Morgan fingerprint density at radius 3 is 1.21 bits per heavy atom. The summed E-state index contributed by atoms with van der Waals surface area (Å²) in [4.78, 5) is 84.7. The summed E-state index contributed by atoms with van der Waals surface area (Å²) < 4.78 is 48.2. The number of ketones is 4. The SMILES string of the molecule is C.C.C.C.CCCC(=O)OCCOc1ccc(C(=O)C(C)(C)O)cc1.CCOc1cc(C)c(C(=O)P(=O)(c2ccccc2)c2ccccc2)c(C)c1.CCOc1ccc(C(=O)C(=O)c2ccccc2)cc1.CCOc1ccc(C(=O)C(C)(C)O)cc1.CCOc1ccc2sc3ccccc3c(=O)c2c1. The molecule has 16 nitrogen and oxygen atoms in total. The Bertz CT molecular complexity index is 4380. The van der Waals surface area contributed by atoms with Gasteiger partial charge in [0.15, 0.2) is 17.0 Å². The first kappa shape index (κ1) is 89.9. The second-order valence-electron chi connectivity index (χ2n) is 23.5. The number of aryl methyl sites for hydroxylation is 2. The van der Waals surface area contributed by atoms with Crippen LogP contribution in [0.2, 0.25) is 0 Å². The lowest BCUT2D eigenvalue weighted by atomic mass is 9.97. The molecule has 0 aliphatic heterocycles. The Balaban J connectivity index is 0.000000443. The molecule has 0 aliphatic carbocycles. The molecule has 0 atom stereocenters. The van der Waals surface area contributed by atoms with Gasteiger partial charge in [0, 0.05) is 65.0 Å². The molecular formula is C86H103O16PS. The predicted molar refractivity (Wildman–Crippen MR) is 424 cm³/mol. The van der Waals surface area contributed by atoms with E-state index in [9.17, 15) is 48.3 Å². The molecule has 0 saturated carbocycles. The predicted octanol–water partition coefficient (Wildman–Crippen LogP) is 18.8. The highest BCUT2D eigenvalue weighted by Gasteiger charge is 2.38. The number of benzene rings is 9. The molecule has 1 aromatic heterocycles. The van der Waals surface area contributed by atoms with Crippen LogP contribution in [0.3, 0.4) is 0 Å². The van der Waals surface area contributed by atoms with E-state index in [1.54, 1.807) is 139 Å². The molecule has 9 aromatic carbocycles. The molecule has 10 aromatic rings. The average molecular weight is 1460 g/mol. The number of esters is 1. The van der Waals surface area contributed by atoms with Crippen LogP contribution in [-0.4, -0.2) is 95.7 Å². The van der Waals surface area contributed by atoms with Crippen LogP contribution in [0.5, 0.6) is 28.7 Å². The van der Waals surface area contributed by atoms with E-state index < -0.39 is 29.9 Å². The monoisotopic (exact) mass is 1450 g/mol. The molecular weight excluding hydrogens is 1350 g/mol. The summed E-state index contributed by atoms with van der Waals surface area (Å²) in [6.45, 7) is 21.9. The van der Waals surface area contributed by atoms with Gasteiger partial charge in [0.05, 0.1) is 26.4 Å². The van der Waals surface area contributed by atoms with E-state index in [0.717, 1.165) is 55.0 Å². The molecule has 0 saturated heterocycles. The molecule has 10 rings (SSSR count). The maximum absolute atomic E-state index is 14.3. The normalized spacial score (nSPS) is 10.5. The maximum Gasteiger partial charge on any atom is 0.305 e. The van der Waals surface area contributed by atoms with Crippen molar-refractivity contribution in [2.24, 2.45) is 0 Å². The zero-order valence-corrected chi connectivity index (χ0v) is 60.1. The van der Waals surface area contributed by atoms with Gasteiger partial charge in [0.25, 0.3) is 0 Å². The molecule has 1 heterocycles. The fourth-order valence-electron chi connectivity index (χ4n) is 9.96. The van der Waals surface area contributed by atoms with Crippen molar-refractivity contribution in [1.82, 2.24) is 0 Å². The van der Waals surface area contributed by atoms with Crippen LogP contribution in [0.25, 0.3) is 20.2 Å². The van der Waals surface area contributed by atoms with Crippen molar-refractivity contribution in [3.8, 4) is 28.7 Å². The lowest BCUT2D eigenvalue weighted by Gasteiger charge is -2.21. The Labute approximate surface area is 618 Å². The standard InChI is InChI=1S/C23H23O3P.C16H22O5.C16H14O3.C15H12O2S.C12H16O3.4CH4/c1-4-26-19-15-17(2)22(18(3)16-19)23(24)27(25,20-11-7-5-8-12-20)21-13-9-6-10-14-21;1-4-5-14(17)21-11-10-20-13-8-6-12(7-9-13)15(18)16(2,3)19;1-2-19-14-10-8-13(9-11-14)16(18)15(17)12-6-4-3-5-7-12;1-2-17-10-7-8-14-12(9-10)15(16)11-5-3-4-6-13(11)18-14;1-4-15-10-7-5-9(6-8-10)11(13)12(2,3)14;;;;/h5-16H,4H2,1-3H3;6-9,19H,4-5,10-11H2,1-3H3;3-11H,2H2,1H3;3-9H,2H2,1H3;5-8,14H,4H2,1-3H3;4*1H4. The molecule has 2 N–H and O–H groups in total. The van der Waals surface area contributed by atoms with Crippen molar-refractivity contribution in [2.75, 3.05) is 39.6 Å². The van der Waals surface area contributed by atoms with E-state index in [-0.39, 0.29) is 71.4 Å². The van der Waals surface area contributed by atoms with Gasteiger partial charge in [-0.1, -0.05) is 140 Å². The van der Waals surface area contributed by atoms with Gasteiger partial charge in [-0.25, -0.2) is 0 Å². The average Bonchev–Trinajstić information content (AvgIpc) is 0.772. The summed E-state index contributed by atoms with van der Waals surface area (Å²) in [7, 11) is -3.50. The van der Waals surface area contributed by atoms with Gasteiger partial charge >= 0.3 is 5.97 Å². The molecule has 0 radical (unpaired) electrons. The highest BCUT2D eigenvalue weighted by atomic mass is 32.1. The minimum atomic E-state index is -3.50.